The van der Waals surface area contributed by atoms with Gasteiger partial charge in [0.25, 0.3) is 0 Å². The number of carbonyl (C=O) groups is 1. The van der Waals surface area contributed by atoms with Crippen LogP contribution >= 0.6 is 24.0 Å². The monoisotopic (exact) mass is 571 g/mol. The van der Waals surface area contributed by atoms with Crippen molar-refractivity contribution in [2.45, 2.75) is 40.0 Å². The van der Waals surface area contributed by atoms with Crippen molar-refractivity contribution in [1.29, 1.82) is 0 Å². The molecule has 0 amide bonds. The van der Waals surface area contributed by atoms with E-state index in [4.69, 9.17) is 9.73 Å². The van der Waals surface area contributed by atoms with E-state index >= 15 is 0 Å². The molecule has 2 saturated heterocycles. The van der Waals surface area contributed by atoms with Crippen LogP contribution in [-0.2, 0) is 9.53 Å². The molecule has 0 aliphatic carbocycles. The maximum Gasteiger partial charge on any atom is 0.309 e. The van der Waals surface area contributed by atoms with Gasteiger partial charge in [0.1, 0.15) is 0 Å². The van der Waals surface area contributed by atoms with Crippen LogP contribution < -0.4 is 10.2 Å². The zero-order valence-corrected chi connectivity index (χ0v) is 22.9. The van der Waals surface area contributed by atoms with Gasteiger partial charge in [0.05, 0.1) is 12.5 Å². The van der Waals surface area contributed by atoms with Gasteiger partial charge in [-0.15, -0.1) is 24.0 Å². The van der Waals surface area contributed by atoms with Crippen LogP contribution in [0.5, 0.6) is 0 Å². The molecular weight excluding hydrogens is 529 g/mol. The number of carbonyl (C=O) groups excluding carboxylic acids is 1. The minimum Gasteiger partial charge on any atom is -0.466 e. The van der Waals surface area contributed by atoms with Gasteiger partial charge >= 0.3 is 5.97 Å². The van der Waals surface area contributed by atoms with Gasteiger partial charge in [-0.25, -0.2) is 0 Å². The van der Waals surface area contributed by atoms with E-state index in [9.17, 15) is 4.79 Å². The second-order valence-corrected chi connectivity index (χ2v) is 8.77. The molecule has 1 N–H and O–H groups in total. The molecule has 0 bridgehead atoms. The molecule has 1 aromatic carbocycles. The number of benzene rings is 1. The van der Waals surface area contributed by atoms with Gasteiger partial charge in [0.2, 0.25) is 0 Å². The van der Waals surface area contributed by atoms with Gasteiger partial charge in [-0.2, -0.15) is 0 Å². The summed E-state index contributed by atoms with van der Waals surface area (Å²) in [5.41, 5.74) is 2.67. The number of guanidine groups is 1. The highest BCUT2D eigenvalue weighted by Gasteiger charge is 2.27. The lowest BCUT2D eigenvalue weighted by atomic mass is 9.97. The van der Waals surface area contributed by atoms with Crippen molar-refractivity contribution in [3.63, 3.8) is 0 Å². The Balaban J connectivity index is 0.00000385. The van der Waals surface area contributed by atoms with Crippen LogP contribution in [0, 0.1) is 12.8 Å². The maximum absolute atomic E-state index is 12.0. The van der Waals surface area contributed by atoms with Gasteiger partial charge in [-0.3, -0.25) is 14.7 Å². The van der Waals surface area contributed by atoms with Gasteiger partial charge in [0.15, 0.2) is 5.96 Å². The number of ether oxygens (including phenoxy) is 1. The summed E-state index contributed by atoms with van der Waals surface area (Å²) in [5.74, 6) is 0.975. The molecule has 7 nitrogen and oxygen atoms in total. The molecule has 0 atom stereocenters. The van der Waals surface area contributed by atoms with E-state index in [1.807, 2.05) is 6.92 Å². The van der Waals surface area contributed by atoms with Crippen molar-refractivity contribution < 1.29 is 9.53 Å². The fraction of sp³-hybridized carbons (Fsp3) is 0.680. The first-order chi connectivity index (χ1) is 15.6. The number of halogens is 1. The summed E-state index contributed by atoms with van der Waals surface area (Å²) >= 11 is 0. The topological polar surface area (TPSA) is 60.4 Å². The van der Waals surface area contributed by atoms with E-state index in [1.54, 1.807) is 0 Å². The van der Waals surface area contributed by atoms with E-state index in [2.05, 4.69) is 58.1 Å². The molecule has 186 valence electrons. The molecule has 0 unspecified atom stereocenters. The number of rotatable bonds is 8. The van der Waals surface area contributed by atoms with Crippen molar-refractivity contribution >= 4 is 41.6 Å². The predicted molar refractivity (Wildman–Crippen MR) is 147 cm³/mol. The second kappa shape index (κ2) is 14.7. The molecule has 2 fully saturated rings. The Labute approximate surface area is 216 Å². The number of hydrogen-bond acceptors (Lipinski definition) is 5. The smallest absolute Gasteiger partial charge is 0.309 e. The van der Waals surface area contributed by atoms with Crippen molar-refractivity contribution in [3.8, 4) is 0 Å². The summed E-state index contributed by atoms with van der Waals surface area (Å²) in [7, 11) is 0. The standard InChI is InChI=1S/C25H41N5O2.HI/c1-4-26-25(30-14-10-22(11-15-30)24(31)32-5-2)27-12-7-13-28-16-18-29(19-17-28)23-9-6-8-21(3)20-23;/h6,8-9,20,22H,4-5,7,10-19H2,1-3H3,(H,26,27);1H. The largest absolute Gasteiger partial charge is 0.466 e. The van der Waals surface area contributed by atoms with Gasteiger partial charge in [-0.05, 0) is 57.7 Å². The summed E-state index contributed by atoms with van der Waals surface area (Å²) in [6.45, 7) is 15.5. The molecule has 0 aromatic heterocycles. The quantitative estimate of drug-likeness (QED) is 0.170. The van der Waals surface area contributed by atoms with E-state index in [0.29, 0.717) is 6.61 Å². The molecule has 1 aromatic rings. The van der Waals surface area contributed by atoms with Crippen LogP contribution in [0.4, 0.5) is 5.69 Å². The number of piperazine rings is 1. The molecule has 2 heterocycles. The van der Waals surface area contributed by atoms with Crippen LogP contribution in [0.1, 0.15) is 38.7 Å². The van der Waals surface area contributed by atoms with E-state index in [0.717, 1.165) is 84.1 Å². The Kier molecular flexibility index (Phi) is 12.3. The Hall–Kier alpha value is -1.55. The fourth-order valence-corrected chi connectivity index (χ4v) is 4.55. The van der Waals surface area contributed by atoms with Gasteiger partial charge < -0.3 is 19.9 Å². The Morgan fingerprint density at radius 3 is 2.48 bits per heavy atom. The molecule has 0 saturated carbocycles. The third-order valence-electron chi connectivity index (χ3n) is 6.38. The number of aryl methyl sites for hydroxylation is 1. The van der Waals surface area contributed by atoms with Crippen LogP contribution in [0.25, 0.3) is 0 Å². The molecule has 2 aliphatic heterocycles. The Morgan fingerprint density at radius 1 is 1.12 bits per heavy atom. The van der Waals surface area contributed by atoms with E-state index in [1.165, 1.54) is 11.3 Å². The fourth-order valence-electron chi connectivity index (χ4n) is 4.55. The first kappa shape index (κ1) is 27.7. The highest BCUT2D eigenvalue weighted by Crippen LogP contribution is 2.19. The van der Waals surface area contributed by atoms with Gasteiger partial charge in [0, 0.05) is 64.6 Å². The SMILES string of the molecule is CCNC(=NCCCN1CCN(c2cccc(C)c2)CC1)N1CCC(C(=O)OCC)CC1.I. The summed E-state index contributed by atoms with van der Waals surface area (Å²) < 4.78 is 5.19. The molecular formula is C25H42IN5O2. The lowest BCUT2D eigenvalue weighted by Gasteiger charge is -2.36. The Morgan fingerprint density at radius 2 is 1.85 bits per heavy atom. The molecule has 33 heavy (non-hydrogen) atoms. The second-order valence-electron chi connectivity index (χ2n) is 8.77. The number of nitrogens with one attached hydrogen (secondary N) is 1. The van der Waals surface area contributed by atoms with Crippen LogP contribution in [0.15, 0.2) is 29.3 Å². The number of piperidine rings is 1. The molecule has 8 heteroatoms. The summed E-state index contributed by atoms with van der Waals surface area (Å²) in [6.07, 6.45) is 2.75. The number of hydrogen-bond donors (Lipinski definition) is 1. The van der Waals surface area contributed by atoms with Crippen molar-refractivity contribution in [2.24, 2.45) is 10.9 Å². The lowest BCUT2D eigenvalue weighted by Crippen LogP contribution is -2.47. The van der Waals surface area contributed by atoms with E-state index in [-0.39, 0.29) is 35.9 Å². The maximum atomic E-state index is 12.0. The molecule has 0 spiro atoms. The van der Waals surface area contributed by atoms with Gasteiger partial charge in [-0.1, -0.05) is 12.1 Å². The lowest BCUT2D eigenvalue weighted by molar-refractivity contribution is -0.149. The molecule has 2 aliphatic rings. The van der Waals surface area contributed by atoms with Crippen LogP contribution in [-0.4, -0.2) is 87.2 Å². The molecule has 0 radical (unpaired) electrons. The average Bonchev–Trinajstić information content (AvgIpc) is 2.82. The zero-order chi connectivity index (χ0) is 22.8. The number of anilines is 1. The Bertz CT molecular complexity index is 744. The first-order valence-electron chi connectivity index (χ1n) is 12.3. The highest BCUT2D eigenvalue weighted by molar-refractivity contribution is 14.0. The number of likely N-dealkylation sites (tertiary alicyclic amines) is 1. The highest BCUT2D eigenvalue weighted by atomic mass is 127. The minimum absolute atomic E-state index is 0. The number of aliphatic imine (C=N–C) groups is 1. The third kappa shape index (κ3) is 8.63. The summed E-state index contributed by atoms with van der Waals surface area (Å²) in [6, 6.07) is 8.80. The van der Waals surface area contributed by atoms with Crippen LogP contribution in [0.3, 0.4) is 0 Å². The predicted octanol–water partition coefficient (Wildman–Crippen LogP) is 3.37. The number of nitrogens with zero attached hydrogens (tertiary/aromatic N) is 4. The van der Waals surface area contributed by atoms with E-state index < -0.39 is 0 Å². The van der Waals surface area contributed by atoms with Crippen molar-refractivity contribution in [1.82, 2.24) is 15.1 Å². The first-order valence-corrected chi connectivity index (χ1v) is 12.3. The van der Waals surface area contributed by atoms with Crippen molar-refractivity contribution in [3.05, 3.63) is 29.8 Å². The molecule has 3 rings (SSSR count). The average molecular weight is 572 g/mol. The minimum atomic E-state index is -0.0448. The summed E-state index contributed by atoms with van der Waals surface area (Å²) in [5, 5.41) is 3.43. The normalized spacial score (nSPS) is 18.1. The summed E-state index contributed by atoms with van der Waals surface area (Å²) in [4.78, 5) is 24.2. The van der Waals surface area contributed by atoms with Crippen molar-refractivity contribution in [2.75, 3.05) is 70.4 Å². The zero-order valence-electron chi connectivity index (χ0n) is 20.6. The number of esters is 1. The van der Waals surface area contributed by atoms with Crippen LogP contribution in [0.2, 0.25) is 0 Å². The third-order valence-corrected chi connectivity index (χ3v) is 6.38.